The van der Waals surface area contributed by atoms with E-state index in [0.717, 1.165) is 0 Å². The third-order valence-electron chi connectivity index (χ3n) is 14.8. The Balaban J connectivity index is 1.66. The number of hydrogen-bond donors (Lipinski definition) is 0. The van der Waals surface area contributed by atoms with Gasteiger partial charge >= 0.3 is 0 Å². The zero-order valence-corrected chi connectivity index (χ0v) is 42.8. The molecular weight excluding hydrogens is 818 g/mol. The lowest BCUT2D eigenvalue weighted by atomic mass is 9.35. The van der Waals surface area contributed by atoms with Crippen molar-refractivity contribution in [3.05, 3.63) is 258 Å². The molecule has 0 aliphatic carbocycles. The van der Waals surface area contributed by atoms with Crippen molar-refractivity contribution >= 4 is 64.9 Å². The van der Waals surface area contributed by atoms with Crippen LogP contribution in [0, 0.1) is 83.1 Å². The normalized spacial score (nSPS) is 13.4. The number of hydrogen-bond acceptors (Lipinski definition) is 0. The SMILES string of the molecule is Cc1cc(C)c(B(C2=C(c3ccccc3)C(c3ccccc3)=C(B(c3c(C)cc(C)cc3C)c3c(C)cc(C)cc3C)[Si]2(c2ccccc2)c2ccccc2)c2c(C)cc(C)cc2C)c(C)c1. The molecule has 0 N–H and O–H groups in total. The average molecular weight is 883 g/mol. The molecule has 0 saturated carbocycles. The quantitative estimate of drug-likeness (QED) is 0.120. The minimum Gasteiger partial charge on any atom is -0.0804 e. The Kier molecular flexibility index (Phi) is 12.5. The summed E-state index contributed by atoms with van der Waals surface area (Å²) in [6, 6.07) is 66.2. The van der Waals surface area contributed by atoms with Crippen LogP contribution in [0.3, 0.4) is 0 Å². The molecule has 3 heteroatoms. The van der Waals surface area contributed by atoms with Crippen molar-refractivity contribution in [1.82, 2.24) is 0 Å². The first-order valence-electron chi connectivity index (χ1n) is 24.2. The van der Waals surface area contributed by atoms with Crippen LogP contribution in [0.1, 0.15) is 77.9 Å². The van der Waals surface area contributed by atoms with Crippen LogP contribution < -0.4 is 32.2 Å². The maximum atomic E-state index is 2.50. The van der Waals surface area contributed by atoms with Gasteiger partial charge in [0.25, 0.3) is 0 Å². The Morgan fingerprint density at radius 3 is 0.701 bits per heavy atom. The number of benzene rings is 8. The van der Waals surface area contributed by atoms with Crippen molar-refractivity contribution in [2.45, 2.75) is 83.1 Å². The summed E-state index contributed by atoms with van der Waals surface area (Å²) in [7, 11) is -3.47. The second-order valence-corrected chi connectivity index (χ2v) is 23.6. The van der Waals surface area contributed by atoms with Gasteiger partial charge in [0, 0.05) is 0 Å². The standard InChI is InChI=1S/C64H64B2Si/c1-41-33-45(5)59(46(6)34-41)65(60-47(7)35-42(2)36-48(60)8)63-57(53-25-17-13-18-26-53)58(54-27-19-14-20-28-54)64(67(63,55-29-21-15-22-30-55)56-31-23-16-24-32-56)66(61-49(9)37-43(3)38-50(61)10)62-51(11)39-44(4)40-52(62)12/h13-40H,1-12H3. The number of aryl methyl sites for hydroxylation is 12. The molecule has 1 aliphatic heterocycles. The number of allylic oxidation sites excluding steroid dienone is 2. The van der Waals surface area contributed by atoms with Gasteiger partial charge in [-0.1, -0.05) is 269 Å². The molecule has 1 aliphatic rings. The van der Waals surface area contributed by atoms with Crippen molar-refractivity contribution in [3.8, 4) is 0 Å². The predicted octanol–water partition coefficient (Wildman–Crippen LogP) is 11.6. The van der Waals surface area contributed by atoms with Crippen LogP contribution in [0.25, 0.3) is 11.1 Å². The smallest absolute Gasteiger partial charge is 0.0804 e. The van der Waals surface area contributed by atoms with Gasteiger partial charge in [-0.3, -0.25) is 0 Å². The first kappa shape index (κ1) is 45.7. The fourth-order valence-electron chi connectivity index (χ4n) is 12.9. The summed E-state index contributed by atoms with van der Waals surface area (Å²) < 4.78 is 0. The Labute approximate surface area is 403 Å². The highest BCUT2D eigenvalue weighted by Crippen LogP contribution is 2.51. The highest BCUT2D eigenvalue weighted by atomic mass is 28.3. The molecule has 0 spiro atoms. The molecule has 0 atom stereocenters. The van der Waals surface area contributed by atoms with Crippen molar-refractivity contribution in [2.75, 3.05) is 0 Å². The van der Waals surface area contributed by atoms with E-state index in [1.165, 1.54) is 121 Å². The molecule has 9 rings (SSSR count). The largest absolute Gasteiger partial charge is 0.236 e. The Bertz CT molecular complexity index is 2810. The lowest BCUT2D eigenvalue weighted by Gasteiger charge is -2.42. The van der Waals surface area contributed by atoms with Crippen molar-refractivity contribution < 1.29 is 0 Å². The van der Waals surface area contributed by atoms with Gasteiger partial charge in [0.15, 0.2) is 8.07 Å². The third-order valence-corrected chi connectivity index (χ3v) is 19.9. The first-order valence-corrected chi connectivity index (χ1v) is 26.2. The molecule has 1 heterocycles. The van der Waals surface area contributed by atoms with Crippen LogP contribution >= 0.6 is 0 Å². The van der Waals surface area contributed by atoms with E-state index in [0.29, 0.717) is 0 Å². The van der Waals surface area contributed by atoms with Crippen LogP contribution in [0.15, 0.2) is 180 Å². The van der Waals surface area contributed by atoms with E-state index < -0.39 is 8.07 Å². The van der Waals surface area contributed by atoms with E-state index in [1.54, 1.807) is 10.2 Å². The average Bonchev–Trinajstić information content (AvgIpc) is 3.60. The third kappa shape index (κ3) is 7.96. The van der Waals surface area contributed by atoms with Crippen molar-refractivity contribution in [1.29, 1.82) is 0 Å². The van der Waals surface area contributed by atoms with Crippen LogP contribution in [-0.2, 0) is 0 Å². The minimum absolute atomic E-state index is 0.0826. The van der Waals surface area contributed by atoms with Crippen LogP contribution in [0.2, 0.25) is 0 Å². The van der Waals surface area contributed by atoms with Gasteiger partial charge in [-0.25, -0.2) is 0 Å². The molecule has 8 aromatic carbocycles. The van der Waals surface area contributed by atoms with Gasteiger partial charge in [-0.2, -0.15) is 0 Å². The monoisotopic (exact) mass is 882 g/mol. The highest BCUT2D eigenvalue weighted by Gasteiger charge is 2.59. The van der Waals surface area contributed by atoms with E-state index in [1.807, 2.05) is 0 Å². The lowest BCUT2D eigenvalue weighted by molar-refractivity contribution is 1.34. The fraction of sp³-hybridized carbons (Fsp3) is 0.188. The lowest BCUT2D eigenvalue weighted by Crippen LogP contribution is -2.71. The van der Waals surface area contributed by atoms with Crippen molar-refractivity contribution in [2.24, 2.45) is 0 Å². The van der Waals surface area contributed by atoms with Crippen LogP contribution in [-0.4, -0.2) is 21.5 Å². The summed E-state index contributed by atoms with van der Waals surface area (Å²) in [6.45, 7) is 27.9. The fourth-order valence-corrected chi connectivity index (χ4v) is 18.9. The van der Waals surface area contributed by atoms with E-state index in [2.05, 4.69) is 253 Å². The minimum atomic E-state index is -3.47. The van der Waals surface area contributed by atoms with E-state index in [9.17, 15) is 0 Å². The molecule has 0 unspecified atom stereocenters. The molecule has 0 amide bonds. The van der Waals surface area contributed by atoms with Gasteiger partial charge in [0.05, 0.1) is 0 Å². The highest BCUT2D eigenvalue weighted by molar-refractivity contribution is 7.31. The zero-order chi connectivity index (χ0) is 47.3. The summed E-state index contributed by atoms with van der Waals surface area (Å²) in [4.78, 5) is 0. The first-order chi connectivity index (χ1) is 32.2. The molecule has 0 bridgehead atoms. The van der Waals surface area contributed by atoms with Gasteiger partial charge in [-0.05, 0) is 116 Å². The molecule has 0 radical (unpaired) electrons. The summed E-state index contributed by atoms with van der Waals surface area (Å²) in [5, 5.41) is 5.92. The molecule has 0 nitrogen and oxygen atoms in total. The summed E-state index contributed by atoms with van der Waals surface area (Å²) in [5.74, 6) is 0. The topological polar surface area (TPSA) is 0 Å². The van der Waals surface area contributed by atoms with E-state index in [4.69, 9.17) is 0 Å². The second kappa shape index (κ2) is 18.3. The van der Waals surface area contributed by atoms with E-state index in [-0.39, 0.29) is 13.4 Å². The van der Waals surface area contributed by atoms with Gasteiger partial charge in [0.2, 0.25) is 13.4 Å². The van der Waals surface area contributed by atoms with Gasteiger partial charge in [0.1, 0.15) is 0 Å². The van der Waals surface area contributed by atoms with E-state index >= 15 is 0 Å². The Morgan fingerprint density at radius 1 is 0.269 bits per heavy atom. The molecule has 0 fully saturated rings. The second-order valence-electron chi connectivity index (χ2n) is 19.9. The molecule has 0 aromatic heterocycles. The van der Waals surface area contributed by atoms with Crippen LogP contribution in [0.4, 0.5) is 0 Å². The van der Waals surface area contributed by atoms with Gasteiger partial charge in [-0.15, -0.1) is 0 Å². The Morgan fingerprint density at radius 2 is 0.478 bits per heavy atom. The maximum absolute atomic E-state index is 3.47. The molecule has 8 aromatic rings. The summed E-state index contributed by atoms with van der Waals surface area (Å²) >= 11 is 0. The molecule has 67 heavy (non-hydrogen) atoms. The number of rotatable bonds is 10. The predicted molar refractivity (Wildman–Crippen MR) is 297 cm³/mol. The molecule has 330 valence electrons. The summed E-state index contributed by atoms with van der Waals surface area (Å²) in [5.41, 5.74) is 26.9. The van der Waals surface area contributed by atoms with Gasteiger partial charge < -0.3 is 0 Å². The van der Waals surface area contributed by atoms with Crippen molar-refractivity contribution in [3.63, 3.8) is 0 Å². The zero-order valence-electron chi connectivity index (χ0n) is 41.8. The van der Waals surface area contributed by atoms with Crippen LogP contribution in [0.5, 0.6) is 0 Å². The Hall–Kier alpha value is -6.41. The summed E-state index contributed by atoms with van der Waals surface area (Å²) in [6.07, 6.45) is 0. The maximum Gasteiger partial charge on any atom is 0.236 e. The molecule has 0 saturated heterocycles. The molecular formula is C64H64B2Si.